The molecule has 0 saturated heterocycles. The van der Waals surface area contributed by atoms with E-state index in [0.29, 0.717) is 11.4 Å². The first-order chi connectivity index (χ1) is 9.51. The summed E-state index contributed by atoms with van der Waals surface area (Å²) >= 11 is 0. The number of nitrogen functional groups attached to an aromatic ring is 1. The van der Waals surface area contributed by atoms with Gasteiger partial charge in [-0.15, -0.1) is 0 Å². The maximum atomic E-state index is 13.3. The smallest absolute Gasteiger partial charge is 0.259 e. The van der Waals surface area contributed by atoms with Gasteiger partial charge >= 0.3 is 0 Å². The number of nitrogens with two attached hydrogens (primary N) is 1. The van der Waals surface area contributed by atoms with Gasteiger partial charge in [-0.2, -0.15) is 0 Å². The van der Waals surface area contributed by atoms with Crippen LogP contribution in [0.5, 0.6) is 5.75 Å². The summed E-state index contributed by atoms with van der Waals surface area (Å²) in [6.07, 6.45) is 1.40. The first kappa shape index (κ1) is 13.8. The summed E-state index contributed by atoms with van der Waals surface area (Å²) in [4.78, 5) is 16.1. The van der Waals surface area contributed by atoms with Crippen molar-refractivity contribution in [1.82, 2.24) is 4.98 Å². The second-order valence-electron chi connectivity index (χ2n) is 4.22. The van der Waals surface area contributed by atoms with Gasteiger partial charge in [-0.05, 0) is 25.1 Å². The lowest BCUT2D eigenvalue weighted by atomic mass is 10.2. The molecule has 1 aromatic heterocycles. The third-order valence-corrected chi connectivity index (χ3v) is 2.73. The number of rotatable bonds is 3. The lowest BCUT2D eigenvalue weighted by molar-refractivity contribution is 0.102. The summed E-state index contributed by atoms with van der Waals surface area (Å²) in [5.41, 5.74) is 7.51. The molecule has 1 heterocycles. The summed E-state index contributed by atoms with van der Waals surface area (Å²) in [6, 6.07) is 5.66. The number of ether oxygens (including phenoxy) is 1. The molecule has 0 atom stereocenters. The van der Waals surface area contributed by atoms with Crippen molar-refractivity contribution in [3.63, 3.8) is 0 Å². The van der Waals surface area contributed by atoms with Gasteiger partial charge in [0.1, 0.15) is 0 Å². The minimum Gasteiger partial charge on any atom is -0.494 e. The van der Waals surface area contributed by atoms with E-state index in [0.717, 1.165) is 5.69 Å². The maximum Gasteiger partial charge on any atom is 0.259 e. The normalized spacial score (nSPS) is 10.2. The SMILES string of the molecule is COc1cc(NC(=O)c2cnc(C)cc2N)ccc1F. The molecule has 2 rings (SSSR count). The van der Waals surface area contributed by atoms with E-state index in [9.17, 15) is 9.18 Å². The molecule has 0 aliphatic rings. The molecule has 0 aliphatic heterocycles. The molecule has 5 nitrogen and oxygen atoms in total. The molecule has 0 spiro atoms. The summed E-state index contributed by atoms with van der Waals surface area (Å²) < 4.78 is 18.1. The number of aryl methyl sites for hydroxylation is 1. The van der Waals surface area contributed by atoms with Crippen LogP contribution in [-0.2, 0) is 0 Å². The molecule has 0 bridgehead atoms. The van der Waals surface area contributed by atoms with Gasteiger partial charge in [0.25, 0.3) is 5.91 Å². The predicted octanol–water partition coefficient (Wildman–Crippen LogP) is 2.37. The van der Waals surface area contributed by atoms with Crippen molar-refractivity contribution in [2.24, 2.45) is 0 Å². The highest BCUT2D eigenvalue weighted by Crippen LogP contribution is 2.22. The van der Waals surface area contributed by atoms with Crippen molar-refractivity contribution >= 4 is 17.3 Å². The molecule has 1 aromatic carbocycles. The average molecular weight is 275 g/mol. The standard InChI is InChI=1S/C14H14FN3O2/c1-8-5-12(16)10(7-17-8)14(19)18-9-3-4-11(15)13(6-9)20-2/h3-7H,1-2H3,(H2,16,17)(H,18,19). The summed E-state index contributed by atoms with van der Waals surface area (Å²) in [5.74, 6) is -0.858. The highest BCUT2D eigenvalue weighted by molar-refractivity contribution is 6.07. The van der Waals surface area contributed by atoms with E-state index in [2.05, 4.69) is 10.3 Å². The van der Waals surface area contributed by atoms with Gasteiger partial charge in [0.05, 0.1) is 12.7 Å². The van der Waals surface area contributed by atoms with Crippen molar-refractivity contribution < 1.29 is 13.9 Å². The van der Waals surface area contributed by atoms with Crippen molar-refractivity contribution in [1.29, 1.82) is 0 Å². The molecule has 1 amide bonds. The molecule has 104 valence electrons. The van der Waals surface area contributed by atoms with Crippen LogP contribution in [0.4, 0.5) is 15.8 Å². The lowest BCUT2D eigenvalue weighted by Crippen LogP contribution is -2.14. The van der Waals surface area contributed by atoms with Crippen molar-refractivity contribution in [3.05, 3.63) is 47.5 Å². The number of hydrogen-bond acceptors (Lipinski definition) is 4. The number of amides is 1. The zero-order chi connectivity index (χ0) is 14.7. The van der Waals surface area contributed by atoms with Crippen LogP contribution < -0.4 is 15.8 Å². The highest BCUT2D eigenvalue weighted by Gasteiger charge is 2.12. The summed E-state index contributed by atoms with van der Waals surface area (Å²) in [6.45, 7) is 1.78. The third-order valence-electron chi connectivity index (χ3n) is 2.73. The zero-order valence-corrected chi connectivity index (χ0v) is 11.1. The number of nitrogens with zero attached hydrogens (tertiary/aromatic N) is 1. The quantitative estimate of drug-likeness (QED) is 0.901. The van der Waals surface area contributed by atoms with E-state index in [-0.39, 0.29) is 11.3 Å². The van der Waals surface area contributed by atoms with E-state index < -0.39 is 11.7 Å². The highest BCUT2D eigenvalue weighted by atomic mass is 19.1. The number of benzene rings is 1. The molecule has 2 aromatic rings. The Morgan fingerprint density at radius 2 is 2.15 bits per heavy atom. The fourth-order valence-corrected chi connectivity index (χ4v) is 1.71. The number of anilines is 2. The fraction of sp³-hybridized carbons (Fsp3) is 0.143. The van der Waals surface area contributed by atoms with Gasteiger partial charge in [0.2, 0.25) is 0 Å². The molecule has 20 heavy (non-hydrogen) atoms. The molecule has 0 saturated carbocycles. The molecular weight excluding hydrogens is 261 g/mol. The fourth-order valence-electron chi connectivity index (χ4n) is 1.71. The molecule has 0 unspecified atom stereocenters. The van der Waals surface area contributed by atoms with E-state index in [1.807, 2.05) is 0 Å². The Kier molecular flexibility index (Phi) is 3.84. The minimum atomic E-state index is -0.498. The minimum absolute atomic E-state index is 0.0535. The van der Waals surface area contributed by atoms with Crippen LogP contribution >= 0.6 is 0 Å². The summed E-state index contributed by atoms with van der Waals surface area (Å²) in [5, 5.41) is 2.61. The number of nitrogens with one attached hydrogen (secondary N) is 1. The number of pyridine rings is 1. The van der Waals surface area contributed by atoms with E-state index in [1.54, 1.807) is 13.0 Å². The van der Waals surface area contributed by atoms with E-state index in [1.165, 1.54) is 31.5 Å². The third kappa shape index (κ3) is 2.85. The largest absolute Gasteiger partial charge is 0.494 e. The number of hydrogen-bond donors (Lipinski definition) is 2. The predicted molar refractivity (Wildman–Crippen MR) is 74.3 cm³/mol. The van der Waals surface area contributed by atoms with Crippen LogP contribution in [0.25, 0.3) is 0 Å². The molecule has 6 heteroatoms. The average Bonchev–Trinajstić information content (AvgIpc) is 2.40. The number of carbonyl (C=O) groups is 1. The van der Waals surface area contributed by atoms with Crippen LogP contribution in [0.2, 0.25) is 0 Å². The van der Waals surface area contributed by atoms with Gasteiger partial charge in [0.15, 0.2) is 11.6 Å². The van der Waals surface area contributed by atoms with Crippen molar-refractivity contribution in [2.45, 2.75) is 6.92 Å². The lowest BCUT2D eigenvalue weighted by Gasteiger charge is -2.09. The summed E-state index contributed by atoms with van der Waals surface area (Å²) in [7, 11) is 1.35. The Hall–Kier alpha value is -2.63. The van der Waals surface area contributed by atoms with E-state index >= 15 is 0 Å². The zero-order valence-electron chi connectivity index (χ0n) is 11.1. The van der Waals surface area contributed by atoms with Gasteiger partial charge in [0, 0.05) is 29.3 Å². The second-order valence-corrected chi connectivity index (χ2v) is 4.22. The Morgan fingerprint density at radius 1 is 1.40 bits per heavy atom. The molecule has 0 radical (unpaired) electrons. The monoisotopic (exact) mass is 275 g/mol. The molecule has 0 fully saturated rings. The first-order valence-corrected chi connectivity index (χ1v) is 5.88. The number of aromatic nitrogens is 1. The van der Waals surface area contributed by atoms with Crippen LogP contribution in [0.1, 0.15) is 16.1 Å². The Balaban J connectivity index is 2.23. The van der Waals surface area contributed by atoms with Gasteiger partial charge < -0.3 is 15.8 Å². The second kappa shape index (κ2) is 5.56. The molecule has 3 N–H and O–H groups in total. The van der Waals surface area contributed by atoms with Crippen LogP contribution in [0.15, 0.2) is 30.5 Å². The molecular formula is C14H14FN3O2. The number of carbonyl (C=O) groups excluding carboxylic acids is 1. The van der Waals surface area contributed by atoms with Gasteiger partial charge in [-0.25, -0.2) is 4.39 Å². The van der Waals surface area contributed by atoms with Gasteiger partial charge in [-0.3, -0.25) is 9.78 Å². The van der Waals surface area contributed by atoms with Crippen molar-refractivity contribution in [3.8, 4) is 5.75 Å². The Bertz CT molecular complexity index is 659. The van der Waals surface area contributed by atoms with Crippen LogP contribution in [-0.4, -0.2) is 18.0 Å². The Morgan fingerprint density at radius 3 is 2.80 bits per heavy atom. The number of methoxy groups -OCH3 is 1. The Labute approximate surface area is 115 Å². The maximum absolute atomic E-state index is 13.3. The topological polar surface area (TPSA) is 77.2 Å². The van der Waals surface area contributed by atoms with Crippen LogP contribution in [0.3, 0.4) is 0 Å². The first-order valence-electron chi connectivity index (χ1n) is 5.88. The number of halogens is 1. The van der Waals surface area contributed by atoms with E-state index in [4.69, 9.17) is 10.5 Å². The van der Waals surface area contributed by atoms with Crippen molar-refractivity contribution in [2.75, 3.05) is 18.2 Å². The molecule has 0 aliphatic carbocycles. The van der Waals surface area contributed by atoms with Crippen LogP contribution in [0, 0.1) is 12.7 Å². The van der Waals surface area contributed by atoms with Gasteiger partial charge in [-0.1, -0.05) is 0 Å².